The van der Waals surface area contributed by atoms with Crippen LogP contribution in [0.3, 0.4) is 0 Å². The van der Waals surface area contributed by atoms with Gasteiger partial charge < -0.3 is 10.0 Å². The fourth-order valence-corrected chi connectivity index (χ4v) is 3.06. The van der Waals surface area contributed by atoms with E-state index in [1.165, 1.54) is 11.0 Å². The van der Waals surface area contributed by atoms with E-state index in [-0.39, 0.29) is 18.7 Å². The fraction of sp³-hybridized carbons (Fsp3) is 0.100. The van der Waals surface area contributed by atoms with E-state index >= 15 is 0 Å². The molecule has 7 heteroatoms. The van der Waals surface area contributed by atoms with Crippen LogP contribution in [-0.2, 0) is 13.1 Å². The summed E-state index contributed by atoms with van der Waals surface area (Å²) in [7, 11) is 0. The minimum atomic E-state index is -0.855. The van der Waals surface area contributed by atoms with Crippen molar-refractivity contribution in [1.82, 2.24) is 9.88 Å². The highest BCUT2D eigenvalue weighted by atomic mass is 35.5. The van der Waals surface area contributed by atoms with Crippen LogP contribution in [0.4, 0.5) is 4.39 Å². The second-order valence-corrected chi connectivity index (χ2v) is 6.77. The second kappa shape index (κ2) is 8.37. The number of benzene rings is 2. The first kappa shape index (κ1) is 19.1. The molecule has 0 bridgehead atoms. The third-order valence-electron chi connectivity index (χ3n) is 3.95. The molecular formula is C20H15Cl2FN2O2. The van der Waals surface area contributed by atoms with Gasteiger partial charge in [0.15, 0.2) is 11.6 Å². The molecule has 0 aliphatic rings. The summed E-state index contributed by atoms with van der Waals surface area (Å²) in [5, 5.41) is 10.3. The van der Waals surface area contributed by atoms with E-state index in [0.29, 0.717) is 15.6 Å². The zero-order chi connectivity index (χ0) is 19.4. The molecule has 0 spiro atoms. The lowest BCUT2D eigenvalue weighted by atomic mass is 10.1. The highest BCUT2D eigenvalue weighted by molar-refractivity contribution is 6.35. The van der Waals surface area contributed by atoms with Crippen LogP contribution in [0.25, 0.3) is 0 Å². The van der Waals surface area contributed by atoms with Crippen LogP contribution in [-0.4, -0.2) is 20.9 Å². The average Bonchev–Trinajstić information content (AvgIpc) is 2.65. The van der Waals surface area contributed by atoms with Gasteiger partial charge in [0.1, 0.15) is 0 Å². The van der Waals surface area contributed by atoms with Gasteiger partial charge in [0.05, 0.1) is 0 Å². The first-order chi connectivity index (χ1) is 12.9. The van der Waals surface area contributed by atoms with E-state index in [0.717, 1.165) is 17.7 Å². The summed E-state index contributed by atoms with van der Waals surface area (Å²) in [6.07, 6.45) is 3.29. The molecule has 1 N–H and O–H groups in total. The van der Waals surface area contributed by atoms with E-state index < -0.39 is 17.5 Å². The Kier molecular flexibility index (Phi) is 5.94. The van der Waals surface area contributed by atoms with Gasteiger partial charge in [0.2, 0.25) is 0 Å². The molecule has 3 aromatic rings. The molecule has 27 heavy (non-hydrogen) atoms. The largest absolute Gasteiger partial charge is 0.505 e. The Hall–Kier alpha value is -2.63. The first-order valence-electron chi connectivity index (χ1n) is 8.04. The summed E-state index contributed by atoms with van der Waals surface area (Å²) in [5.41, 5.74) is 1.65. The molecule has 1 amide bonds. The molecular weight excluding hydrogens is 390 g/mol. The number of aromatic hydroxyl groups is 1. The van der Waals surface area contributed by atoms with Crippen molar-refractivity contribution >= 4 is 29.1 Å². The maximum atomic E-state index is 13.7. The Bertz CT molecular complexity index is 967. The van der Waals surface area contributed by atoms with Gasteiger partial charge in [-0.3, -0.25) is 9.78 Å². The summed E-state index contributed by atoms with van der Waals surface area (Å²) in [6, 6.07) is 12.2. The zero-order valence-electron chi connectivity index (χ0n) is 14.1. The van der Waals surface area contributed by atoms with Gasteiger partial charge in [-0.25, -0.2) is 4.39 Å². The number of nitrogens with zero attached hydrogens (tertiary/aromatic N) is 2. The highest BCUT2D eigenvalue weighted by Crippen LogP contribution is 2.24. The van der Waals surface area contributed by atoms with Crippen molar-refractivity contribution in [3.63, 3.8) is 0 Å². The maximum Gasteiger partial charge on any atom is 0.254 e. The Balaban J connectivity index is 1.93. The molecule has 0 radical (unpaired) electrons. The van der Waals surface area contributed by atoms with E-state index in [1.54, 1.807) is 36.7 Å². The zero-order valence-corrected chi connectivity index (χ0v) is 15.6. The molecule has 0 aliphatic heterocycles. The smallest absolute Gasteiger partial charge is 0.254 e. The number of carbonyl (C=O) groups excluding carboxylic acids is 1. The van der Waals surface area contributed by atoms with Crippen LogP contribution in [0.1, 0.15) is 21.5 Å². The minimum Gasteiger partial charge on any atom is -0.505 e. The number of halogens is 3. The summed E-state index contributed by atoms with van der Waals surface area (Å²) >= 11 is 12.2. The lowest BCUT2D eigenvalue weighted by molar-refractivity contribution is 0.0729. The van der Waals surface area contributed by atoms with Crippen LogP contribution in [0, 0.1) is 5.82 Å². The molecule has 0 aliphatic carbocycles. The number of hydrogen-bond acceptors (Lipinski definition) is 3. The van der Waals surface area contributed by atoms with Crippen molar-refractivity contribution in [1.29, 1.82) is 0 Å². The molecule has 4 nitrogen and oxygen atoms in total. The standard InChI is InChI=1S/C20H15Cl2FN2O2/c21-16-5-3-15(17(22)9-16)12-25(11-13-2-1-7-24-10-13)20(27)14-4-6-19(26)18(23)8-14/h1-10,26H,11-12H2. The fourth-order valence-electron chi connectivity index (χ4n) is 2.59. The number of rotatable bonds is 5. The average molecular weight is 405 g/mol. The molecule has 1 aromatic heterocycles. The van der Waals surface area contributed by atoms with Crippen molar-refractivity contribution in [3.8, 4) is 5.75 Å². The van der Waals surface area contributed by atoms with Gasteiger partial charge in [0, 0.05) is 41.1 Å². The Morgan fingerprint density at radius 2 is 1.93 bits per heavy atom. The van der Waals surface area contributed by atoms with Crippen molar-refractivity contribution in [2.24, 2.45) is 0 Å². The van der Waals surface area contributed by atoms with E-state index in [4.69, 9.17) is 23.2 Å². The predicted octanol–water partition coefficient (Wildman–Crippen LogP) is 5.08. The number of phenols is 1. The lowest BCUT2D eigenvalue weighted by Crippen LogP contribution is -2.30. The third kappa shape index (κ3) is 4.76. The monoisotopic (exact) mass is 404 g/mol. The van der Waals surface area contributed by atoms with Gasteiger partial charge in [-0.05, 0) is 47.5 Å². The first-order valence-corrected chi connectivity index (χ1v) is 8.80. The number of aromatic nitrogens is 1. The van der Waals surface area contributed by atoms with Crippen molar-refractivity contribution < 1.29 is 14.3 Å². The molecule has 0 unspecified atom stereocenters. The van der Waals surface area contributed by atoms with E-state index in [9.17, 15) is 14.3 Å². The number of pyridine rings is 1. The molecule has 0 saturated carbocycles. The number of carbonyl (C=O) groups is 1. The minimum absolute atomic E-state index is 0.124. The third-order valence-corrected chi connectivity index (χ3v) is 4.54. The summed E-state index contributed by atoms with van der Waals surface area (Å²) in [4.78, 5) is 18.6. The molecule has 2 aromatic carbocycles. The van der Waals surface area contributed by atoms with Crippen LogP contribution < -0.4 is 0 Å². The molecule has 1 heterocycles. The normalized spacial score (nSPS) is 10.6. The summed E-state index contributed by atoms with van der Waals surface area (Å²) < 4.78 is 13.7. The summed E-state index contributed by atoms with van der Waals surface area (Å²) in [6.45, 7) is 0.459. The maximum absolute atomic E-state index is 13.7. The van der Waals surface area contributed by atoms with Crippen LogP contribution in [0.15, 0.2) is 60.9 Å². The molecule has 0 atom stereocenters. The number of phenolic OH excluding ortho intramolecular Hbond substituents is 1. The van der Waals surface area contributed by atoms with Crippen LogP contribution >= 0.6 is 23.2 Å². The van der Waals surface area contributed by atoms with Gasteiger partial charge in [-0.2, -0.15) is 0 Å². The van der Waals surface area contributed by atoms with Gasteiger partial charge in [0.25, 0.3) is 5.91 Å². The Labute approximate surface area is 165 Å². The van der Waals surface area contributed by atoms with Gasteiger partial charge in [-0.15, -0.1) is 0 Å². The summed E-state index contributed by atoms with van der Waals surface area (Å²) in [5.74, 6) is -1.76. The van der Waals surface area contributed by atoms with Crippen molar-refractivity contribution in [3.05, 3.63) is 93.5 Å². The topological polar surface area (TPSA) is 53.4 Å². The molecule has 0 saturated heterocycles. The SMILES string of the molecule is O=C(c1ccc(O)c(F)c1)N(Cc1cccnc1)Cc1ccc(Cl)cc1Cl. The quantitative estimate of drug-likeness (QED) is 0.645. The lowest BCUT2D eigenvalue weighted by Gasteiger charge is -2.24. The van der Waals surface area contributed by atoms with E-state index in [1.807, 2.05) is 6.07 Å². The Morgan fingerprint density at radius 3 is 2.59 bits per heavy atom. The molecule has 0 fully saturated rings. The van der Waals surface area contributed by atoms with Gasteiger partial charge in [-0.1, -0.05) is 35.3 Å². The molecule has 3 rings (SSSR count). The van der Waals surface area contributed by atoms with Crippen LogP contribution in [0.5, 0.6) is 5.75 Å². The van der Waals surface area contributed by atoms with Crippen molar-refractivity contribution in [2.45, 2.75) is 13.1 Å². The number of hydrogen-bond donors (Lipinski definition) is 1. The second-order valence-electron chi connectivity index (χ2n) is 5.92. The van der Waals surface area contributed by atoms with E-state index in [2.05, 4.69) is 4.98 Å². The van der Waals surface area contributed by atoms with Crippen molar-refractivity contribution in [2.75, 3.05) is 0 Å². The Morgan fingerprint density at radius 1 is 1.11 bits per heavy atom. The molecule has 138 valence electrons. The predicted molar refractivity (Wildman–Crippen MR) is 102 cm³/mol. The number of amides is 1. The van der Waals surface area contributed by atoms with Gasteiger partial charge >= 0.3 is 0 Å². The highest BCUT2D eigenvalue weighted by Gasteiger charge is 2.19. The van der Waals surface area contributed by atoms with Crippen LogP contribution in [0.2, 0.25) is 10.0 Å².